The Morgan fingerprint density at radius 3 is 2.37 bits per heavy atom. The molecule has 0 amide bonds. The van der Waals surface area contributed by atoms with Gasteiger partial charge in [0.15, 0.2) is 0 Å². The summed E-state index contributed by atoms with van der Waals surface area (Å²) in [5, 5.41) is 2.13. The van der Waals surface area contributed by atoms with Gasteiger partial charge in [0.05, 0.1) is 6.04 Å². The molecule has 1 heterocycles. The van der Waals surface area contributed by atoms with E-state index in [1.165, 1.54) is 4.88 Å². The van der Waals surface area contributed by atoms with Gasteiger partial charge in [-0.2, -0.15) is 0 Å². The van der Waals surface area contributed by atoms with Crippen LogP contribution < -0.4 is 5.73 Å². The van der Waals surface area contributed by atoms with Crippen molar-refractivity contribution in [2.75, 3.05) is 27.2 Å². The van der Waals surface area contributed by atoms with Crippen LogP contribution in [0.4, 0.5) is 0 Å². The lowest BCUT2D eigenvalue weighted by Crippen LogP contribution is -2.47. The number of rotatable bonds is 7. The van der Waals surface area contributed by atoms with Crippen LogP contribution in [0.1, 0.15) is 31.7 Å². The maximum atomic E-state index is 6.26. The van der Waals surface area contributed by atoms with E-state index in [0.717, 1.165) is 17.6 Å². The summed E-state index contributed by atoms with van der Waals surface area (Å²) in [6, 6.07) is 3.09. The Hall–Kier alpha value is 0.0600. The summed E-state index contributed by atoms with van der Waals surface area (Å²) in [6.45, 7) is 8.65. The lowest BCUT2D eigenvalue weighted by molar-refractivity contribution is 0.116. The van der Waals surface area contributed by atoms with Crippen LogP contribution in [0, 0.1) is 0 Å². The first-order valence-electron chi connectivity index (χ1n) is 6.76. The Kier molecular flexibility index (Phi) is 6.97. The molecule has 0 saturated carbocycles. The molecule has 2 N–H and O–H groups in total. The van der Waals surface area contributed by atoms with Crippen molar-refractivity contribution in [1.82, 2.24) is 9.80 Å². The molecule has 3 unspecified atom stereocenters. The molecular weight excluding hydrogens is 322 g/mol. The van der Waals surface area contributed by atoms with Crippen molar-refractivity contribution in [3.63, 3.8) is 0 Å². The molecule has 1 rings (SSSR count). The van der Waals surface area contributed by atoms with Gasteiger partial charge in [0.1, 0.15) is 0 Å². The number of nitrogens with two attached hydrogens (primary N) is 1. The highest BCUT2D eigenvalue weighted by Gasteiger charge is 2.28. The number of hydrogen-bond acceptors (Lipinski definition) is 4. The van der Waals surface area contributed by atoms with Crippen molar-refractivity contribution < 1.29 is 0 Å². The molecule has 0 radical (unpaired) electrons. The van der Waals surface area contributed by atoms with Gasteiger partial charge in [-0.05, 0) is 56.5 Å². The SMILES string of the molecule is CCN(C(C)CN(C)C)C(c1cc(Br)cs1)C(C)N. The summed E-state index contributed by atoms with van der Waals surface area (Å²) in [5.41, 5.74) is 6.26. The lowest BCUT2D eigenvalue weighted by atomic mass is 10.0. The van der Waals surface area contributed by atoms with Gasteiger partial charge >= 0.3 is 0 Å². The second kappa shape index (κ2) is 7.74. The predicted octanol–water partition coefficient (Wildman–Crippen LogP) is 3.17. The van der Waals surface area contributed by atoms with E-state index in [1.54, 1.807) is 11.3 Å². The van der Waals surface area contributed by atoms with E-state index < -0.39 is 0 Å². The summed E-state index contributed by atoms with van der Waals surface area (Å²) in [6.07, 6.45) is 0. The van der Waals surface area contributed by atoms with Crippen molar-refractivity contribution in [3.05, 3.63) is 20.8 Å². The van der Waals surface area contributed by atoms with Gasteiger partial charge in [0.2, 0.25) is 0 Å². The molecule has 110 valence electrons. The highest BCUT2D eigenvalue weighted by molar-refractivity contribution is 9.10. The van der Waals surface area contributed by atoms with Crippen molar-refractivity contribution >= 4 is 27.3 Å². The summed E-state index contributed by atoms with van der Waals surface area (Å²) < 4.78 is 1.15. The fraction of sp³-hybridized carbons (Fsp3) is 0.714. The number of hydrogen-bond donors (Lipinski definition) is 1. The third-order valence-electron chi connectivity index (χ3n) is 3.30. The van der Waals surface area contributed by atoms with Crippen LogP contribution in [-0.2, 0) is 0 Å². The number of thiophene rings is 1. The Bertz CT molecular complexity index is 379. The summed E-state index contributed by atoms with van der Waals surface area (Å²) in [4.78, 5) is 6.08. The van der Waals surface area contributed by atoms with Crippen molar-refractivity contribution in [3.8, 4) is 0 Å². The minimum Gasteiger partial charge on any atom is -0.326 e. The molecule has 0 bridgehead atoms. The smallest absolute Gasteiger partial charge is 0.0593 e. The fourth-order valence-electron chi connectivity index (χ4n) is 2.62. The Labute approximate surface area is 129 Å². The molecule has 0 aliphatic rings. The monoisotopic (exact) mass is 347 g/mol. The minimum absolute atomic E-state index is 0.120. The Morgan fingerprint density at radius 2 is 2.00 bits per heavy atom. The summed E-state index contributed by atoms with van der Waals surface area (Å²) >= 11 is 5.32. The van der Waals surface area contributed by atoms with Crippen molar-refractivity contribution in [2.45, 2.75) is 38.9 Å². The van der Waals surface area contributed by atoms with Crippen LogP contribution in [-0.4, -0.2) is 49.1 Å². The van der Waals surface area contributed by atoms with E-state index >= 15 is 0 Å². The minimum atomic E-state index is 0.120. The van der Waals surface area contributed by atoms with Crippen LogP contribution in [0.2, 0.25) is 0 Å². The highest BCUT2D eigenvalue weighted by atomic mass is 79.9. The highest BCUT2D eigenvalue weighted by Crippen LogP contribution is 2.32. The molecule has 3 nitrogen and oxygen atoms in total. The van der Waals surface area contributed by atoms with Crippen LogP contribution in [0.3, 0.4) is 0 Å². The van der Waals surface area contributed by atoms with E-state index in [1.807, 2.05) is 0 Å². The third-order valence-corrected chi connectivity index (χ3v) is 5.06. The number of nitrogens with zero attached hydrogens (tertiary/aromatic N) is 2. The van der Waals surface area contributed by atoms with E-state index in [4.69, 9.17) is 5.73 Å². The topological polar surface area (TPSA) is 32.5 Å². The molecule has 0 aromatic carbocycles. The van der Waals surface area contributed by atoms with Gasteiger partial charge < -0.3 is 10.6 Å². The first-order valence-corrected chi connectivity index (χ1v) is 8.44. The van der Waals surface area contributed by atoms with E-state index in [0.29, 0.717) is 6.04 Å². The van der Waals surface area contributed by atoms with Crippen LogP contribution in [0.5, 0.6) is 0 Å². The first kappa shape index (κ1) is 17.1. The maximum Gasteiger partial charge on any atom is 0.0593 e. The second-order valence-electron chi connectivity index (χ2n) is 5.41. The van der Waals surface area contributed by atoms with Gasteiger partial charge in [-0.15, -0.1) is 11.3 Å². The standard InChI is InChI=1S/C14H26BrN3S/c1-6-18(10(2)8-17(4)5)14(11(3)16)13-7-12(15)9-19-13/h7,9-11,14H,6,8,16H2,1-5H3. The fourth-order valence-corrected chi connectivity index (χ4v) is 4.30. The zero-order valence-corrected chi connectivity index (χ0v) is 15.0. The summed E-state index contributed by atoms with van der Waals surface area (Å²) in [5.74, 6) is 0. The van der Waals surface area contributed by atoms with E-state index in [-0.39, 0.29) is 12.1 Å². The number of halogens is 1. The van der Waals surface area contributed by atoms with Gasteiger partial charge in [-0.25, -0.2) is 0 Å². The van der Waals surface area contributed by atoms with Gasteiger partial charge in [-0.3, -0.25) is 4.90 Å². The molecule has 0 spiro atoms. The molecule has 3 atom stereocenters. The van der Waals surface area contributed by atoms with E-state index in [2.05, 4.69) is 72.0 Å². The third kappa shape index (κ3) is 4.83. The lowest BCUT2D eigenvalue weighted by Gasteiger charge is -2.38. The van der Waals surface area contributed by atoms with E-state index in [9.17, 15) is 0 Å². The second-order valence-corrected chi connectivity index (χ2v) is 7.27. The predicted molar refractivity (Wildman–Crippen MR) is 88.8 cm³/mol. The van der Waals surface area contributed by atoms with Crippen LogP contribution >= 0.6 is 27.3 Å². The number of likely N-dealkylation sites (N-methyl/N-ethyl adjacent to an activating group) is 2. The van der Waals surface area contributed by atoms with Crippen molar-refractivity contribution in [2.24, 2.45) is 5.73 Å². The molecule has 0 saturated heterocycles. The maximum absolute atomic E-state index is 6.26. The molecule has 5 heteroatoms. The zero-order chi connectivity index (χ0) is 14.6. The molecular formula is C14H26BrN3S. The molecule has 1 aromatic rings. The average molecular weight is 348 g/mol. The quantitative estimate of drug-likeness (QED) is 0.822. The Morgan fingerprint density at radius 1 is 1.37 bits per heavy atom. The average Bonchev–Trinajstić information content (AvgIpc) is 2.70. The molecule has 0 aliphatic carbocycles. The van der Waals surface area contributed by atoms with Gasteiger partial charge in [0.25, 0.3) is 0 Å². The van der Waals surface area contributed by atoms with Crippen LogP contribution in [0.15, 0.2) is 15.9 Å². The van der Waals surface area contributed by atoms with Gasteiger partial charge in [0, 0.05) is 33.4 Å². The zero-order valence-electron chi connectivity index (χ0n) is 12.6. The first-order chi connectivity index (χ1) is 8.86. The largest absolute Gasteiger partial charge is 0.326 e. The normalized spacial score (nSPS) is 16.9. The molecule has 19 heavy (non-hydrogen) atoms. The molecule has 0 aliphatic heterocycles. The van der Waals surface area contributed by atoms with Gasteiger partial charge in [-0.1, -0.05) is 6.92 Å². The molecule has 1 aromatic heterocycles. The van der Waals surface area contributed by atoms with Crippen LogP contribution in [0.25, 0.3) is 0 Å². The van der Waals surface area contributed by atoms with Crippen molar-refractivity contribution in [1.29, 1.82) is 0 Å². The summed E-state index contributed by atoms with van der Waals surface area (Å²) in [7, 11) is 4.24. The molecule has 0 fully saturated rings. The Balaban J connectivity index is 2.95.